The van der Waals surface area contributed by atoms with Gasteiger partial charge in [-0.25, -0.2) is 0 Å². The number of ketones is 1. The summed E-state index contributed by atoms with van der Waals surface area (Å²) in [6.45, 7) is 5.76. The Morgan fingerprint density at radius 1 is 1.00 bits per heavy atom. The van der Waals surface area contributed by atoms with Gasteiger partial charge in [0.05, 0.1) is 5.69 Å². The second kappa shape index (κ2) is 8.18. The Balaban J connectivity index is 1.50. The zero-order valence-corrected chi connectivity index (χ0v) is 17.2. The number of carbonyl (C=O) groups excluding carboxylic acids is 3. The van der Waals surface area contributed by atoms with Crippen molar-refractivity contribution in [3.8, 4) is 5.75 Å². The number of anilines is 2. The van der Waals surface area contributed by atoms with Gasteiger partial charge in [-0.1, -0.05) is 18.2 Å². The van der Waals surface area contributed by atoms with Crippen molar-refractivity contribution in [3.05, 3.63) is 54.1 Å². The van der Waals surface area contributed by atoms with Gasteiger partial charge in [-0.2, -0.15) is 0 Å². The molecule has 2 heterocycles. The van der Waals surface area contributed by atoms with Gasteiger partial charge in [0.1, 0.15) is 11.8 Å². The average molecular weight is 407 g/mol. The molecule has 0 saturated carbocycles. The monoisotopic (exact) mass is 407 g/mol. The van der Waals surface area contributed by atoms with E-state index in [9.17, 15) is 14.4 Å². The Hall–Kier alpha value is -3.35. The van der Waals surface area contributed by atoms with E-state index in [1.54, 1.807) is 30.0 Å². The van der Waals surface area contributed by atoms with Gasteiger partial charge in [0, 0.05) is 37.4 Å². The third kappa shape index (κ3) is 3.75. The third-order valence-electron chi connectivity index (χ3n) is 5.70. The molecule has 7 heteroatoms. The van der Waals surface area contributed by atoms with Gasteiger partial charge in [0.2, 0.25) is 5.91 Å². The highest BCUT2D eigenvalue weighted by atomic mass is 16.5. The molecule has 2 aliphatic rings. The minimum atomic E-state index is -0.675. The van der Waals surface area contributed by atoms with E-state index < -0.39 is 6.04 Å². The number of benzene rings is 2. The zero-order chi connectivity index (χ0) is 21.3. The minimum absolute atomic E-state index is 0.0999. The second-order valence-electron chi connectivity index (χ2n) is 7.61. The lowest BCUT2D eigenvalue weighted by molar-refractivity contribution is -0.135. The number of para-hydroxylation sites is 1. The zero-order valence-electron chi connectivity index (χ0n) is 17.2. The van der Waals surface area contributed by atoms with Crippen molar-refractivity contribution in [1.29, 1.82) is 0 Å². The molecule has 7 nitrogen and oxygen atoms in total. The summed E-state index contributed by atoms with van der Waals surface area (Å²) < 4.78 is 5.51. The number of rotatable bonds is 4. The van der Waals surface area contributed by atoms with Crippen LogP contribution in [-0.2, 0) is 9.59 Å². The van der Waals surface area contributed by atoms with E-state index in [1.807, 2.05) is 18.2 Å². The van der Waals surface area contributed by atoms with Gasteiger partial charge in [-0.3, -0.25) is 19.3 Å². The standard InChI is InChI=1S/C23H25N3O4/c1-16(23(29)25-12-10-24(11-13-25)19-6-4-3-5-7-19)26-20-14-18(17(2)27)8-9-21(20)30-15-22(26)28/h3-9,14,16H,10-13,15H2,1-2H3. The molecule has 0 radical (unpaired) electrons. The SMILES string of the molecule is CC(=O)c1ccc2c(c1)N(C(C)C(=O)N1CCN(c3ccccc3)CC1)C(=O)CO2. The molecule has 1 fully saturated rings. The van der Waals surface area contributed by atoms with E-state index in [-0.39, 0.29) is 24.2 Å². The maximum atomic E-state index is 13.2. The molecular formula is C23H25N3O4. The highest BCUT2D eigenvalue weighted by Crippen LogP contribution is 2.35. The Kier molecular flexibility index (Phi) is 5.44. The van der Waals surface area contributed by atoms with Crippen molar-refractivity contribution < 1.29 is 19.1 Å². The molecule has 2 aromatic rings. The summed E-state index contributed by atoms with van der Waals surface area (Å²) >= 11 is 0. The van der Waals surface area contributed by atoms with E-state index in [4.69, 9.17) is 4.74 Å². The van der Waals surface area contributed by atoms with Crippen LogP contribution in [0.2, 0.25) is 0 Å². The molecule has 30 heavy (non-hydrogen) atoms. The number of ether oxygens (including phenoxy) is 1. The molecule has 1 saturated heterocycles. The van der Waals surface area contributed by atoms with Crippen LogP contribution in [0, 0.1) is 0 Å². The van der Waals surface area contributed by atoms with Crippen molar-refractivity contribution in [2.24, 2.45) is 0 Å². The largest absolute Gasteiger partial charge is 0.482 e. The van der Waals surface area contributed by atoms with E-state index in [1.165, 1.54) is 11.8 Å². The lowest BCUT2D eigenvalue weighted by Gasteiger charge is -2.40. The van der Waals surface area contributed by atoms with Crippen LogP contribution in [0.1, 0.15) is 24.2 Å². The Labute approximate surface area is 175 Å². The summed E-state index contributed by atoms with van der Waals surface area (Å²) in [4.78, 5) is 43.2. The topological polar surface area (TPSA) is 70.2 Å². The first kappa shape index (κ1) is 19.9. The Morgan fingerprint density at radius 2 is 1.70 bits per heavy atom. The van der Waals surface area contributed by atoms with Crippen LogP contribution in [0.5, 0.6) is 5.75 Å². The fraction of sp³-hybridized carbons (Fsp3) is 0.348. The molecule has 2 aliphatic heterocycles. The van der Waals surface area contributed by atoms with Gasteiger partial charge < -0.3 is 14.5 Å². The fourth-order valence-electron chi connectivity index (χ4n) is 4.01. The van der Waals surface area contributed by atoms with E-state index in [0.29, 0.717) is 30.1 Å². The molecule has 0 aliphatic carbocycles. The number of hydrogen-bond acceptors (Lipinski definition) is 5. The maximum Gasteiger partial charge on any atom is 0.265 e. The number of carbonyl (C=O) groups is 3. The van der Waals surface area contributed by atoms with Gasteiger partial charge in [0.15, 0.2) is 12.4 Å². The van der Waals surface area contributed by atoms with Crippen LogP contribution in [0.25, 0.3) is 0 Å². The normalized spacial score (nSPS) is 17.3. The number of nitrogens with zero attached hydrogens (tertiary/aromatic N) is 3. The third-order valence-corrected chi connectivity index (χ3v) is 5.70. The highest BCUT2D eigenvalue weighted by Gasteiger charge is 2.36. The first-order valence-corrected chi connectivity index (χ1v) is 10.1. The molecule has 2 amide bonds. The molecular weight excluding hydrogens is 382 g/mol. The molecule has 1 unspecified atom stereocenters. The van der Waals surface area contributed by atoms with Crippen molar-refractivity contribution in [2.75, 3.05) is 42.6 Å². The molecule has 0 N–H and O–H groups in total. The van der Waals surface area contributed by atoms with Crippen LogP contribution in [-0.4, -0.2) is 61.3 Å². The van der Waals surface area contributed by atoms with E-state index in [0.717, 1.165) is 18.8 Å². The molecule has 0 aromatic heterocycles. The summed E-state index contributed by atoms with van der Waals surface area (Å²) in [6, 6.07) is 14.4. The number of piperazine rings is 1. The summed E-state index contributed by atoms with van der Waals surface area (Å²) in [7, 11) is 0. The lowest BCUT2D eigenvalue weighted by atomic mass is 10.1. The summed E-state index contributed by atoms with van der Waals surface area (Å²) in [6.07, 6.45) is 0. The predicted molar refractivity (Wildman–Crippen MR) is 114 cm³/mol. The fourth-order valence-corrected chi connectivity index (χ4v) is 4.01. The minimum Gasteiger partial charge on any atom is -0.482 e. The smallest absolute Gasteiger partial charge is 0.265 e. The van der Waals surface area contributed by atoms with Crippen LogP contribution in [0.4, 0.5) is 11.4 Å². The van der Waals surface area contributed by atoms with Crippen LogP contribution in [0.3, 0.4) is 0 Å². The number of fused-ring (bicyclic) bond motifs is 1. The number of Topliss-reactive ketones (excluding diaryl/α,β-unsaturated/α-hetero) is 1. The first-order valence-electron chi connectivity index (χ1n) is 10.1. The van der Waals surface area contributed by atoms with Crippen LogP contribution in [0.15, 0.2) is 48.5 Å². The van der Waals surface area contributed by atoms with E-state index in [2.05, 4.69) is 17.0 Å². The molecule has 1 atom stereocenters. The average Bonchev–Trinajstić information content (AvgIpc) is 2.78. The summed E-state index contributed by atoms with van der Waals surface area (Å²) in [5, 5.41) is 0. The molecule has 0 bridgehead atoms. The van der Waals surface area contributed by atoms with Gasteiger partial charge >= 0.3 is 0 Å². The predicted octanol–water partition coefficient (Wildman–Crippen LogP) is 2.35. The van der Waals surface area contributed by atoms with E-state index >= 15 is 0 Å². The molecule has 2 aromatic carbocycles. The van der Waals surface area contributed by atoms with Gasteiger partial charge in [-0.15, -0.1) is 0 Å². The van der Waals surface area contributed by atoms with Crippen molar-refractivity contribution in [3.63, 3.8) is 0 Å². The van der Waals surface area contributed by atoms with Crippen molar-refractivity contribution in [2.45, 2.75) is 19.9 Å². The van der Waals surface area contributed by atoms with Crippen molar-refractivity contribution in [1.82, 2.24) is 4.90 Å². The van der Waals surface area contributed by atoms with Crippen LogP contribution >= 0.6 is 0 Å². The Bertz CT molecular complexity index is 968. The molecule has 0 spiro atoms. The van der Waals surface area contributed by atoms with Gasteiger partial charge in [-0.05, 0) is 44.2 Å². The summed E-state index contributed by atoms with van der Waals surface area (Å²) in [5.41, 5.74) is 2.10. The Morgan fingerprint density at radius 3 is 2.37 bits per heavy atom. The quantitative estimate of drug-likeness (QED) is 0.728. The lowest BCUT2D eigenvalue weighted by Crippen LogP contribution is -2.56. The highest BCUT2D eigenvalue weighted by molar-refractivity contribution is 6.05. The molecule has 4 rings (SSSR count). The molecule has 156 valence electrons. The van der Waals surface area contributed by atoms with Crippen molar-refractivity contribution >= 4 is 29.0 Å². The maximum absolute atomic E-state index is 13.2. The number of amides is 2. The first-order chi connectivity index (χ1) is 14.5. The number of hydrogen-bond donors (Lipinski definition) is 0. The summed E-state index contributed by atoms with van der Waals surface area (Å²) in [5.74, 6) is 0.0176. The second-order valence-corrected chi connectivity index (χ2v) is 7.61. The van der Waals surface area contributed by atoms with Crippen LogP contribution < -0.4 is 14.5 Å². The van der Waals surface area contributed by atoms with Gasteiger partial charge in [0.25, 0.3) is 5.91 Å².